The molecule has 0 aliphatic heterocycles. The van der Waals surface area contributed by atoms with Gasteiger partial charge >= 0.3 is 5.97 Å². The zero-order valence-electron chi connectivity index (χ0n) is 20.8. The second kappa shape index (κ2) is 15.2. The minimum Gasteiger partial charge on any atom is -0.487 e. The molecule has 0 amide bonds. The van der Waals surface area contributed by atoms with Crippen LogP contribution in [0.1, 0.15) is 72.9 Å². The molecule has 4 nitrogen and oxygen atoms in total. The van der Waals surface area contributed by atoms with Gasteiger partial charge in [0, 0.05) is 13.0 Å². The molecule has 5 heteroatoms. The molecule has 0 saturated heterocycles. The van der Waals surface area contributed by atoms with E-state index in [2.05, 4.69) is 69.6 Å². The van der Waals surface area contributed by atoms with Crippen molar-refractivity contribution in [1.82, 2.24) is 0 Å². The van der Waals surface area contributed by atoms with Crippen molar-refractivity contribution < 1.29 is 14.3 Å². The van der Waals surface area contributed by atoms with Gasteiger partial charge in [-0.1, -0.05) is 62.8 Å². The van der Waals surface area contributed by atoms with Crippen LogP contribution in [0.2, 0.25) is 0 Å². The summed E-state index contributed by atoms with van der Waals surface area (Å²) in [5.41, 5.74) is 4.07. The van der Waals surface area contributed by atoms with Gasteiger partial charge in [-0.15, -0.1) is 8.86 Å². The van der Waals surface area contributed by atoms with Crippen LogP contribution in [0.4, 0.5) is 0 Å². The number of aliphatic imine (C=N–C) groups is 1. The molecule has 0 N–H and O–H groups in total. The smallest absolute Gasteiger partial charge is 0.337 e. The van der Waals surface area contributed by atoms with Crippen LogP contribution in [0.25, 0.3) is 0 Å². The van der Waals surface area contributed by atoms with Gasteiger partial charge < -0.3 is 9.47 Å². The Labute approximate surface area is 207 Å². The number of methoxy groups -OCH3 is 1. The minimum atomic E-state index is -0.295. The van der Waals surface area contributed by atoms with Crippen molar-refractivity contribution in [1.29, 1.82) is 0 Å². The van der Waals surface area contributed by atoms with E-state index in [1.54, 1.807) is 7.05 Å². The number of carbonyl (C=O) groups is 1. The number of esters is 1. The Morgan fingerprint density at radius 3 is 2.18 bits per heavy atom. The first-order valence-corrected chi connectivity index (χ1v) is 12.8. The summed E-state index contributed by atoms with van der Waals surface area (Å²) < 4.78 is 10.8. The number of rotatable bonds is 9. The maximum Gasteiger partial charge on any atom is 0.337 e. The topological polar surface area (TPSA) is 47.9 Å². The zero-order chi connectivity index (χ0) is 24.8. The first kappa shape index (κ1) is 27.5. The molecule has 1 aliphatic rings. The molecule has 1 unspecified atom stereocenters. The van der Waals surface area contributed by atoms with E-state index in [0.29, 0.717) is 24.0 Å². The zero-order valence-corrected chi connectivity index (χ0v) is 21.8. The monoisotopic (exact) mass is 479 g/mol. The van der Waals surface area contributed by atoms with E-state index in [4.69, 9.17) is 9.47 Å². The molecular formula is C29H38NO3P. The van der Waals surface area contributed by atoms with Crippen molar-refractivity contribution in [2.75, 3.05) is 20.8 Å². The van der Waals surface area contributed by atoms with Crippen LogP contribution in [0.5, 0.6) is 5.75 Å². The number of ether oxygens (including phenoxy) is 2. The first-order valence-electron chi connectivity index (χ1n) is 12.0. The van der Waals surface area contributed by atoms with Crippen LogP contribution in [0.15, 0.2) is 65.7 Å². The molecule has 3 rings (SSSR count). The summed E-state index contributed by atoms with van der Waals surface area (Å²) in [5.74, 6) is 1.48. The molecule has 2 aromatic rings. The van der Waals surface area contributed by atoms with Crippen molar-refractivity contribution in [3.63, 3.8) is 0 Å². The number of allylic oxidation sites excluding steroid dienone is 1. The summed E-state index contributed by atoms with van der Waals surface area (Å²) >= 11 is 0. The van der Waals surface area contributed by atoms with Gasteiger partial charge in [0.1, 0.15) is 12.4 Å². The van der Waals surface area contributed by atoms with Gasteiger partial charge in [0.25, 0.3) is 0 Å². The highest BCUT2D eigenvalue weighted by Gasteiger charge is 2.27. The summed E-state index contributed by atoms with van der Waals surface area (Å²) in [6.45, 7) is 2.57. The van der Waals surface area contributed by atoms with E-state index < -0.39 is 0 Å². The average Bonchev–Trinajstić information content (AvgIpc) is 2.91. The van der Waals surface area contributed by atoms with Gasteiger partial charge in [0.05, 0.1) is 18.4 Å². The van der Waals surface area contributed by atoms with Gasteiger partial charge in [-0.05, 0) is 66.6 Å². The number of hydrogen-bond donors (Lipinski definition) is 0. The largest absolute Gasteiger partial charge is 0.487 e. The van der Waals surface area contributed by atoms with Crippen LogP contribution in [-0.4, -0.2) is 38.7 Å². The first-order chi connectivity index (χ1) is 16.7. The van der Waals surface area contributed by atoms with E-state index >= 15 is 0 Å². The third-order valence-corrected chi connectivity index (χ3v) is 6.27. The second-order valence-electron chi connectivity index (χ2n) is 8.37. The third-order valence-electron chi connectivity index (χ3n) is 6.27. The number of hydrogen-bond acceptors (Lipinski definition) is 4. The van der Waals surface area contributed by atoms with E-state index in [9.17, 15) is 4.79 Å². The SMILES string of the molecule is C=P.CC/C=C\C(COc1ccc(C(c2ccc(C(=O)OC)cc2)C2CCCCC2)cc1)=NC. The molecule has 0 bridgehead atoms. The molecule has 0 heterocycles. The van der Waals surface area contributed by atoms with Gasteiger partial charge in [0.2, 0.25) is 0 Å². The number of carbonyl (C=O) groups excluding carboxylic acids is 1. The lowest BCUT2D eigenvalue weighted by molar-refractivity contribution is 0.0600. The molecule has 2 aromatic carbocycles. The van der Waals surface area contributed by atoms with Crippen molar-refractivity contribution in [3.05, 3.63) is 77.4 Å². The molecule has 182 valence electrons. The molecule has 1 atom stereocenters. The van der Waals surface area contributed by atoms with Crippen molar-refractivity contribution in [3.8, 4) is 5.75 Å². The Kier molecular flexibility index (Phi) is 12.3. The predicted molar refractivity (Wildman–Crippen MR) is 146 cm³/mol. The quantitative estimate of drug-likeness (QED) is 0.218. The number of nitrogens with zero attached hydrogens (tertiary/aromatic N) is 1. The maximum absolute atomic E-state index is 11.8. The second-order valence-corrected chi connectivity index (χ2v) is 8.37. The van der Waals surface area contributed by atoms with Crippen LogP contribution in [0.3, 0.4) is 0 Å². The lowest BCUT2D eigenvalue weighted by atomic mass is 9.73. The summed E-state index contributed by atoms with van der Waals surface area (Å²) in [4.78, 5) is 16.1. The van der Waals surface area contributed by atoms with Crippen molar-refractivity contribution >= 4 is 26.8 Å². The lowest BCUT2D eigenvalue weighted by Gasteiger charge is -2.31. The third kappa shape index (κ3) is 7.95. The summed E-state index contributed by atoms with van der Waals surface area (Å²) in [7, 11) is 5.93. The van der Waals surface area contributed by atoms with Crippen LogP contribution in [0, 0.1) is 5.92 Å². The summed E-state index contributed by atoms with van der Waals surface area (Å²) in [5, 5.41) is 0. The molecule has 0 radical (unpaired) electrons. The van der Waals surface area contributed by atoms with E-state index in [0.717, 1.165) is 17.9 Å². The highest BCUT2D eigenvalue weighted by molar-refractivity contribution is 7.15. The molecular weight excluding hydrogens is 441 g/mol. The standard InChI is InChI=1S/C28H35NO3.CH3P/c1-4-5-11-25(29-2)20-32-26-18-16-23(17-19-26)27(21-9-7-6-8-10-21)22-12-14-24(15-13-22)28(30)31-3;1-2/h5,11-19,21,27H,4,6-10,20H2,1-3H3;2H,1H2/b11-5-,29-25?;. The highest BCUT2D eigenvalue weighted by Crippen LogP contribution is 2.41. The summed E-state index contributed by atoms with van der Waals surface area (Å²) in [6, 6.07) is 16.4. The van der Waals surface area contributed by atoms with Crippen LogP contribution >= 0.6 is 8.86 Å². The fraction of sp³-hybridized carbons (Fsp3) is 0.414. The number of benzene rings is 2. The van der Waals surface area contributed by atoms with Gasteiger partial charge in [-0.3, -0.25) is 4.99 Å². The fourth-order valence-electron chi connectivity index (χ4n) is 4.52. The molecule has 1 aliphatic carbocycles. The molecule has 1 saturated carbocycles. The van der Waals surface area contributed by atoms with Crippen molar-refractivity contribution in [2.24, 2.45) is 10.9 Å². The fourth-order valence-corrected chi connectivity index (χ4v) is 4.52. The molecule has 0 aromatic heterocycles. The minimum absolute atomic E-state index is 0.295. The van der Waals surface area contributed by atoms with E-state index in [1.807, 2.05) is 18.2 Å². The molecule has 0 spiro atoms. The molecule has 1 fully saturated rings. The van der Waals surface area contributed by atoms with Gasteiger partial charge in [0.15, 0.2) is 0 Å². The Balaban J connectivity index is 0.00000199. The highest BCUT2D eigenvalue weighted by atomic mass is 31.0. The van der Waals surface area contributed by atoms with Crippen LogP contribution in [-0.2, 0) is 4.74 Å². The Bertz CT molecular complexity index is 929. The maximum atomic E-state index is 11.8. The van der Waals surface area contributed by atoms with E-state index in [1.165, 1.54) is 50.3 Å². The summed E-state index contributed by atoms with van der Waals surface area (Å²) in [6.07, 6.45) is 14.5. The normalized spacial score (nSPS) is 15.3. The Morgan fingerprint density at radius 2 is 1.65 bits per heavy atom. The lowest BCUT2D eigenvalue weighted by Crippen LogP contribution is -2.18. The predicted octanol–water partition coefficient (Wildman–Crippen LogP) is 7.16. The average molecular weight is 480 g/mol. The van der Waals surface area contributed by atoms with Gasteiger partial charge in [-0.25, -0.2) is 4.79 Å². The van der Waals surface area contributed by atoms with E-state index in [-0.39, 0.29) is 5.97 Å². The van der Waals surface area contributed by atoms with Gasteiger partial charge in [-0.2, -0.15) is 0 Å². The Hall–Kier alpha value is -2.71. The van der Waals surface area contributed by atoms with Crippen molar-refractivity contribution in [2.45, 2.75) is 51.4 Å². The Morgan fingerprint density at radius 1 is 1.06 bits per heavy atom. The van der Waals surface area contributed by atoms with Crippen LogP contribution < -0.4 is 4.74 Å². The molecule has 34 heavy (non-hydrogen) atoms.